The monoisotopic (exact) mass is 394 g/mol. The number of aryl methyl sites for hydroxylation is 1. The lowest BCUT2D eigenvalue weighted by Gasteiger charge is -2.36. The highest BCUT2D eigenvalue weighted by Gasteiger charge is 2.31. The zero-order valence-electron chi connectivity index (χ0n) is 16.5. The van der Waals surface area contributed by atoms with Crippen LogP contribution in [0, 0.1) is 12.8 Å². The molecule has 2 fully saturated rings. The molecule has 0 aromatic heterocycles. The fourth-order valence-corrected chi connectivity index (χ4v) is 5.58. The third-order valence-electron chi connectivity index (χ3n) is 5.93. The van der Waals surface area contributed by atoms with Crippen LogP contribution in [0.15, 0.2) is 23.1 Å². The quantitative estimate of drug-likeness (QED) is 0.787. The Labute approximate surface area is 162 Å². The normalized spacial score (nSPS) is 24.6. The number of carbonyl (C=O) groups is 1. The lowest BCUT2D eigenvalue weighted by molar-refractivity contribution is 0.0627. The van der Waals surface area contributed by atoms with Crippen LogP contribution in [-0.4, -0.2) is 62.9 Å². The summed E-state index contributed by atoms with van der Waals surface area (Å²) >= 11 is 0. The van der Waals surface area contributed by atoms with Gasteiger partial charge in [-0.3, -0.25) is 4.79 Å². The van der Waals surface area contributed by atoms with E-state index in [1.165, 1.54) is 10.7 Å². The second-order valence-corrected chi connectivity index (χ2v) is 9.68. The van der Waals surface area contributed by atoms with Gasteiger partial charge >= 0.3 is 0 Å². The molecule has 1 aliphatic heterocycles. The lowest BCUT2D eigenvalue weighted by atomic mass is 9.85. The number of carbonyl (C=O) groups excluding carboxylic acids is 1. The molecular formula is C20H30N2O4S. The molecule has 2 atom stereocenters. The van der Waals surface area contributed by atoms with Crippen molar-refractivity contribution >= 4 is 15.9 Å². The summed E-state index contributed by atoms with van der Waals surface area (Å²) in [4.78, 5) is 15.2. The summed E-state index contributed by atoms with van der Waals surface area (Å²) in [5.74, 6) is 0.374. The summed E-state index contributed by atoms with van der Waals surface area (Å²) in [6.07, 6.45) is 4.49. The van der Waals surface area contributed by atoms with Gasteiger partial charge in [0.15, 0.2) is 0 Å². The number of sulfonamides is 1. The molecule has 6 nitrogen and oxygen atoms in total. The Bertz CT molecular complexity index is 787. The van der Waals surface area contributed by atoms with Gasteiger partial charge in [-0.2, -0.15) is 4.31 Å². The number of morpholine rings is 1. The number of benzene rings is 1. The Hall–Kier alpha value is -1.44. The Morgan fingerprint density at radius 2 is 1.85 bits per heavy atom. The van der Waals surface area contributed by atoms with Crippen molar-refractivity contribution in [1.82, 2.24) is 9.21 Å². The molecule has 1 amide bonds. The van der Waals surface area contributed by atoms with Crippen molar-refractivity contribution in [1.29, 1.82) is 0 Å². The topological polar surface area (TPSA) is 66.9 Å². The van der Waals surface area contributed by atoms with E-state index in [1.54, 1.807) is 18.2 Å². The van der Waals surface area contributed by atoms with E-state index in [0.717, 1.165) is 24.8 Å². The van der Waals surface area contributed by atoms with Crippen LogP contribution in [0.25, 0.3) is 0 Å². The van der Waals surface area contributed by atoms with Gasteiger partial charge in [-0.1, -0.05) is 25.8 Å². The molecule has 7 heteroatoms. The van der Waals surface area contributed by atoms with E-state index < -0.39 is 10.0 Å². The Kier molecular flexibility index (Phi) is 6.23. The third kappa shape index (κ3) is 4.20. The summed E-state index contributed by atoms with van der Waals surface area (Å²) < 4.78 is 32.6. The van der Waals surface area contributed by atoms with Gasteiger partial charge in [-0.15, -0.1) is 0 Å². The van der Waals surface area contributed by atoms with Crippen molar-refractivity contribution in [2.75, 3.05) is 33.4 Å². The first-order valence-electron chi connectivity index (χ1n) is 9.78. The molecule has 2 aliphatic rings. The van der Waals surface area contributed by atoms with Gasteiger partial charge < -0.3 is 9.64 Å². The van der Waals surface area contributed by atoms with Crippen LogP contribution in [0.2, 0.25) is 0 Å². The third-order valence-corrected chi connectivity index (χ3v) is 7.83. The van der Waals surface area contributed by atoms with Gasteiger partial charge in [0.2, 0.25) is 10.0 Å². The molecule has 1 aromatic rings. The molecule has 0 spiro atoms. The molecule has 0 radical (unpaired) electrons. The van der Waals surface area contributed by atoms with E-state index in [-0.39, 0.29) is 16.8 Å². The molecule has 1 heterocycles. The van der Waals surface area contributed by atoms with Gasteiger partial charge in [0, 0.05) is 31.7 Å². The molecule has 0 N–H and O–H groups in total. The van der Waals surface area contributed by atoms with Crippen molar-refractivity contribution in [3.05, 3.63) is 29.3 Å². The Balaban J connectivity index is 1.87. The first kappa shape index (κ1) is 20.3. The predicted molar refractivity (Wildman–Crippen MR) is 104 cm³/mol. The zero-order chi connectivity index (χ0) is 19.6. The van der Waals surface area contributed by atoms with Crippen LogP contribution in [0.5, 0.6) is 0 Å². The van der Waals surface area contributed by atoms with Crippen LogP contribution in [0.1, 0.15) is 48.5 Å². The smallest absolute Gasteiger partial charge is 0.254 e. The molecular weight excluding hydrogens is 364 g/mol. The molecule has 1 saturated heterocycles. The van der Waals surface area contributed by atoms with Crippen molar-refractivity contribution in [3.8, 4) is 0 Å². The molecule has 1 aromatic carbocycles. The van der Waals surface area contributed by atoms with Crippen LogP contribution >= 0.6 is 0 Å². The maximum atomic E-state index is 13.2. The summed E-state index contributed by atoms with van der Waals surface area (Å²) in [7, 11) is -1.77. The highest BCUT2D eigenvalue weighted by atomic mass is 32.2. The molecule has 3 rings (SSSR count). The Morgan fingerprint density at radius 1 is 1.19 bits per heavy atom. The second kappa shape index (κ2) is 8.29. The summed E-state index contributed by atoms with van der Waals surface area (Å²) in [6.45, 7) is 5.55. The van der Waals surface area contributed by atoms with E-state index in [0.29, 0.717) is 37.8 Å². The SMILES string of the molecule is Cc1ccc(S(=O)(=O)N2CCOCC2)cc1C(=O)N(C)C1CCCCC1C. The number of ether oxygens (including phenoxy) is 1. The van der Waals surface area contributed by atoms with Crippen molar-refractivity contribution in [3.63, 3.8) is 0 Å². The van der Waals surface area contributed by atoms with E-state index in [2.05, 4.69) is 6.92 Å². The number of amides is 1. The van der Waals surface area contributed by atoms with Gasteiger partial charge in [0.1, 0.15) is 0 Å². The predicted octanol–water partition coefficient (Wildman–Crippen LogP) is 2.67. The minimum Gasteiger partial charge on any atom is -0.379 e. The first-order chi connectivity index (χ1) is 12.8. The zero-order valence-corrected chi connectivity index (χ0v) is 17.3. The minimum atomic E-state index is -3.61. The lowest BCUT2D eigenvalue weighted by Crippen LogP contribution is -2.43. The van der Waals surface area contributed by atoms with Crippen LogP contribution in [0.3, 0.4) is 0 Å². The maximum absolute atomic E-state index is 13.2. The number of nitrogens with zero attached hydrogens (tertiary/aromatic N) is 2. The molecule has 150 valence electrons. The number of hydrogen-bond donors (Lipinski definition) is 0. The van der Waals surface area contributed by atoms with Crippen LogP contribution in [-0.2, 0) is 14.8 Å². The number of hydrogen-bond acceptors (Lipinski definition) is 4. The van der Waals surface area contributed by atoms with Crippen LogP contribution < -0.4 is 0 Å². The fourth-order valence-electron chi connectivity index (χ4n) is 4.14. The maximum Gasteiger partial charge on any atom is 0.254 e. The van der Waals surface area contributed by atoms with E-state index in [4.69, 9.17) is 4.74 Å². The second-order valence-electron chi connectivity index (χ2n) is 7.74. The molecule has 1 saturated carbocycles. The van der Waals surface area contributed by atoms with Crippen molar-refractivity contribution in [2.24, 2.45) is 5.92 Å². The van der Waals surface area contributed by atoms with E-state index in [9.17, 15) is 13.2 Å². The van der Waals surface area contributed by atoms with Gasteiger partial charge in [0.05, 0.1) is 18.1 Å². The minimum absolute atomic E-state index is 0.0923. The van der Waals surface area contributed by atoms with Crippen LogP contribution in [0.4, 0.5) is 0 Å². The van der Waals surface area contributed by atoms with E-state index in [1.807, 2.05) is 18.9 Å². The molecule has 0 bridgehead atoms. The largest absolute Gasteiger partial charge is 0.379 e. The summed E-state index contributed by atoms with van der Waals surface area (Å²) in [5, 5.41) is 0. The van der Waals surface area contributed by atoms with Gasteiger partial charge in [-0.25, -0.2) is 8.42 Å². The highest BCUT2D eigenvalue weighted by molar-refractivity contribution is 7.89. The van der Waals surface area contributed by atoms with Gasteiger partial charge in [-0.05, 0) is 43.4 Å². The Morgan fingerprint density at radius 3 is 2.52 bits per heavy atom. The average molecular weight is 395 g/mol. The standard InChI is InChI=1S/C20H30N2O4S/c1-15-8-9-17(27(24,25)22-10-12-26-13-11-22)14-18(15)20(23)21(3)19-7-5-4-6-16(19)2/h8-9,14,16,19H,4-7,10-13H2,1-3H3. The average Bonchev–Trinajstić information content (AvgIpc) is 2.68. The molecule has 1 aliphatic carbocycles. The van der Waals surface area contributed by atoms with Crippen molar-refractivity contribution < 1.29 is 17.9 Å². The summed E-state index contributed by atoms with van der Waals surface area (Å²) in [5.41, 5.74) is 1.28. The van der Waals surface area contributed by atoms with E-state index >= 15 is 0 Å². The number of rotatable bonds is 4. The molecule has 2 unspecified atom stereocenters. The summed E-state index contributed by atoms with van der Waals surface area (Å²) in [6, 6.07) is 5.09. The molecule has 27 heavy (non-hydrogen) atoms. The fraction of sp³-hybridized carbons (Fsp3) is 0.650. The van der Waals surface area contributed by atoms with Crippen molar-refractivity contribution in [2.45, 2.75) is 50.5 Å². The first-order valence-corrected chi connectivity index (χ1v) is 11.2. The highest BCUT2D eigenvalue weighted by Crippen LogP contribution is 2.29. The van der Waals surface area contributed by atoms with Gasteiger partial charge in [0.25, 0.3) is 5.91 Å².